The van der Waals surface area contributed by atoms with E-state index in [1.807, 2.05) is 39.0 Å². The lowest BCUT2D eigenvalue weighted by atomic mass is 10.1. The predicted molar refractivity (Wildman–Crippen MR) is 84.8 cm³/mol. The zero-order valence-electron chi connectivity index (χ0n) is 12.4. The van der Waals surface area contributed by atoms with Crippen molar-refractivity contribution in [3.63, 3.8) is 0 Å². The van der Waals surface area contributed by atoms with Crippen molar-refractivity contribution in [2.75, 3.05) is 16.9 Å². The molecule has 21 heavy (non-hydrogen) atoms. The molecule has 0 saturated carbocycles. The topological polar surface area (TPSA) is 85.8 Å². The van der Waals surface area contributed by atoms with E-state index in [0.717, 1.165) is 16.8 Å². The fourth-order valence-corrected chi connectivity index (χ4v) is 2.64. The zero-order chi connectivity index (χ0) is 15.4. The molecule has 112 valence electrons. The zero-order valence-corrected chi connectivity index (χ0v) is 13.2. The van der Waals surface area contributed by atoms with Crippen molar-refractivity contribution in [1.29, 1.82) is 0 Å². The van der Waals surface area contributed by atoms with E-state index in [1.165, 1.54) is 16.4 Å². The highest BCUT2D eigenvalue weighted by Crippen LogP contribution is 2.20. The van der Waals surface area contributed by atoms with Crippen LogP contribution in [0.3, 0.4) is 0 Å². The molecular weight excluding hydrogens is 286 g/mol. The number of aromatic nitrogens is 3. The number of carbonyl (C=O) groups excluding carboxylic acids is 1. The molecule has 1 amide bonds. The highest BCUT2D eigenvalue weighted by molar-refractivity contribution is 7.99. The number of nitrogens with two attached hydrogens (primary N) is 1. The maximum atomic E-state index is 12.0. The van der Waals surface area contributed by atoms with E-state index in [2.05, 4.69) is 15.5 Å². The van der Waals surface area contributed by atoms with E-state index in [4.69, 9.17) is 5.84 Å². The second-order valence-electron chi connectivity index (χ2n) is 4.73. The lowest BCUT2D eigenvalue weighted by Crippen LogP contribution is -2.18. The number of rotatable bonds is 5. The number of aryl methyl sites for hydroxylation is 3. The van der Waals surface area contributed by atoms with Crippen LogP contribution in [0.4, 0.5) is 5.69 Å². The highest BCUT2D eigenvalue weighted by Gasteiger charge is 2.12. The van der Waals surface area contributed by atoms with Crippen molar-refractivity contribution >= 4 is 23.4 Å². The van der Waals surface area contributed by atoms with E-state index < -0.39 is 0 Å². The van der Waals surface area contributed by atoms with Gasteiger partial charge in [-0.05, 0) is 25.0 Å². The van der Waals surface area contributed by atoms with E-state index >= 15 is 0 Å². The fourth-order valence-electron chi connectivity index (χ4n) is 1.96. The Morgan fingerprint density at radius 2 is 2.00 bits per heavy atom. The summed E-state index contributed by atoms with van der Waals surface area (Å²) in [6.07, 6.45) is 0.707. The van der Waals surface area contributed by atoms with Crippen molar-refractivity contribution in [3.05, 3.63) is 35.2 Å². The summed E-state index contributed by atoms with van der Waals surface area (Å²) in [6, 6.07) is 5.91. The summed E-state index contributed by atoms with van der Waals surface area (Å²) in [7, 11) is 0. The van der Waals surface area contributed by atoms with Crippen LogP contribution in [0.5, 0.6) is 0 Å². The summed E-state index contributed by atoms with van der Waals surface area (Å²) < 4.78 is 1.43. The first-order valence-electron chi connectivity index (χ1n) is 6.71. The molecule has 0 radical (unpaired) electrons. The first-order valence-corrected chi connectivity index (χ1v) is 7.69. The Hall–Kier alpha value is -2.02. The molecule has 2 rings (SSSR count). The van der Waals surface area contributed by atoms with Crippen LogP contribution in [0.15, 0.2) is 23.4 Å². The number of hydrogen-bond donors (Lipinski definition) is 2. The molecule has 0 fully saturated rings. The normalized spacial score (nSPS) is 10.6. The first-order chi connectivity index (χ1) is 10.0. The molecule has 0 unspecified atom stereocenters. The minimum absolute atomic E-state index is 0.0848. The van der Waals surface area contributed by atoms with Gasteiger partial charge < -0.3 is 11.2 Å². The van der Waals surface area contributed by atoms with Crippen LogP contribution in [0.25, 0.3) is 0 Å². The first kappa shape index (κ1) is 15.4. The standard InChI is InChI=1S/C14H19N5OS/c1-4-11-17-18-14(19(11)15)21-8-12(20)16-13-9(2)6-5-7-10(13)3/h5-7H,4,8,15H2,1-3H3,(H,16,20). The molecule has 0 atom stereocenters. The van der Waals surface area contributed by atoms with Gasteiger partial charge in [-0.25, -0.2) is 4.68 Å². The van der Waals surface area contributed by atoms with Gasteiger partial charge in [0, 0.05) is 12.1 Å². The predicted octanol–water partition coefficient (Wildman–Crippen LogP) is 1.90. The summed E-state index contributed by atoms with van der Waals surface area (Å²) in [5.41, 5.74) is 2.96. The highest BCUT2D eigenvalue weighted by atomic mass is 32.2. The third kappa shape index (κ3) is 3.55. The molecule has 0 aliphatic heterocycles. The summed E-state index contributed by atoms with van der Waals surface area (Å²) in [6.45, 7) is 5.90. The van der Waals surface area contributed by atoms with Crippen LogP contribution in [0.2, 0.25) is 0 Å². The largest absolute Gasteiger partial charge is 0.336 e. The van der Waals surface area contributed by atoms with Crippen LogP contribution in [-0.4, -0.2) is 26.5 Å². The summed E-state index contributed by atoms with van der Waals surface area (Å²) >= 11 is 1.27. The Morgan fingerprint density at radius 1 is 1.33 bits per heavy atom. The number of nitrogens with one attached hydrogen (secondary N) is 1. The number of para-hydroxylation sites is 1. The van der Waals surface area contributed by atoms with Crippen molar-refractivity contribution in [2.45, 2.75) is 32.3 Å². The maximum Gasteiger partial charge on any atom is 0.234 e. The van der Waals surface area contributed by atoms with Crippen LogP contribution in [0, 0.1) is 13.8 Å². The Labute approximate surface area is 128 Å². The van der Waals surface area contributed by atoms with Gasteiger partial charge in [-0.15, -0.1) is 10.2 Å². The second kappa shape index (κ2) is 6.62. The van der Waals surface area contributed by atoms with Gasteiger partial charge in [0.25, 0.3) is 0 Å². The molecule has 1 heterocycles. The number of thioether (sulfide) groups is 1. The Kier molecular flexibility index (Phi) is 4.85. The number of hydrogen-bond acceptors (Lipinski definition) is 5. The van der Waals surface area contributed by atoms with E-state index in [1.54, 1.807) is 0 Å². The van der Waals surface area contributed by atoms with Gasteiger partial charge in [-0.1, -0.05) is 36.9 Å². The minimum Gasteiger partial charge on any atom is -0.336 e. The van der Waals surface area contributed by atoms with E-state index in [9.17, 15) is 4.79 Å². The summed E-state index contributed by atoms with van der Waals surface area (Å²) in [4.78, 5) is 12.0. The summed E-state index contributed by atoms with van der Waals surface area (Å²) in [5, 5.41) is 11.4. The molecule has 0 aliphatic rings. The van der Waals surface area contributed by atoms with Crippen molar-refractivity contribution in [3.8, 4) is 0 Å². The molecular formula is C14H19N5OS. The maximum absolute atomic E-state index is 12.0. The van der Waals surface area contributed by atoms with Gasteiger partial charge in [0.1, 0.15) is 0 Å². The van der Waals surface area contributed by atoms with Gasteiger partial charge in [-0.3, -0.25) is 4.79 Å². The Morgan fingerprint density at radius 3 is 2.57 bits per heavy atom. The molecule has 0 aliphatic carbocycles. The monoisotopic (exact) mass is 305 g/mol. The lowest BCUT2D eigenvalue weighted by Gasteiger charge is -2.11. The lowest BCUT2D eigenvalue weighted by molar-refractivity contribution is -0.113. The van der Waals surface area contributed by atoms with E-state index in [0.29, 0.717) is 17.4 Å². The molecule has 0 saturated heterocycles. The molecule has 2 aromatic rings. The second-order valence-corrected chi connectivity index (χ2v) is 5.67. The molecule has 1 aromatic heterocycles. The fraction of sp³-hybridized carbons (Fsp3) is 0.357. The van der Waals surface area contributed by atoms with Gasteiger partial charge in [-0.2, -0.15) is 0 Å². The third-order valence-electron chi connectivity index (χ3n) is 3.13. The van der Waals surface area contributed by atoms with E-state index in [-0.39, 0.29) is 11.7 Å². The number of amides is 1. The molecule has 6 nitrogen and oxygen atoms in total. The van der Waals surface area contributed by atoms with Crippen molar-refractivity contribution in [1.82, 2.24) is 14.9 Å². The molecule has 1 aromatic carbocycles. The smallest absolute Gasteiger partial charge is 0.234 e. The minimum atomic E-state index is -0.0848. The molecule has 7 heteroatoms. The number of nitrogen functional groups attached to an aromatic ring is 1. The molecule has 0 spiro atoms. The molecule has 0 bridgehead atoms. The number of benzene rings is 1. The number of anilines is 1. The van der Waals surface area contributed by atoms with Crippen LogP contribution in [-0.2, 0) is 11.2 Å². The van der Waals surface area contributed by atoms with Crippen LogP contribution in [0.1, 0.15) is 23.9 Å². The van der Waals surface area contributed by atoms with Crippen LogP contribution >= 0.6 is 11.8 Å². The van der Waals surface area contributed by atoms with Crippen molar-refractivity contribution < 1.29 is 4.79 Å². The Bertz CT molecular complexity index is 633. The number of carbonyl (C=O) groups is 1. The SMILES string of the molecule is CCc1nnc(SCC(=O)Nc2c(C)cccc2C)n1N. The number of nitrogens with zero attached hydrogens (tertiary/aromatic N) is 3. The summed E-state index contributed by atoms with van der Waals surface area (Å²) in [5.74, 6) is 6.70. The molecule has 3 N–H and O–H groups in total. The van der Waals surface area contributed by atoms with Crippen LogP contribution < -0.4 is 11.2 Å². The van der Waals surface area contributed by atoms with Gasteiger partial charge in [0.05, 0.1) is 5.75 Å². The van der Waals surface area contributed by atoms with Gasteiger partial charge in [0.2, 0.25) is 11.1 Å². The van der Waals surface area contributed by atoms with Gasteiger partial charge in [0.15, 0.2) is 5.82 Å². The Balaban J connectivity index is 1.98. The average Bonchev–Trinajstić information content (AvgIpc) is 2.81. The van der Waals surface area contributed by atoms with Gasteiger partial charge >= 0.3 is 0 Å². The van der Waals surface area contributed by atoms with Crippen molar-refractivity contribution in [2.24, 2.45) is 0 Å². The average molecular weight is 305 g/mol. The quantitative estimate of drug-likeness (QED) is 0.651. The third-order valence-corrected chi connectivity index (χ3v) is 4.07.